The number of amides is 1. The fourth-order valence-corrected chi connectivity index (χ4v) is 4.39. The molecular formula is C20H22I2N2O2. The maximum Gasteiger partial charge on any atom is 0.244 e. The van der Waals surface area contributed by atoms with Crippen molar-refractivity contribution in [2.24, 2.45) is 5.10 Å². The molecule has 0 saturated heterocycles. The lowest BCUT2D eigenvalue weighted by atomic mass is 10.0. The average Bonchev–Trinajstić information content (AvgIpc) is 2.54. The summed E-state index contributed by atoms with van der Waals surface area (Å²) in [7, 11) is 0. The summed E-state index contributed by atoms with van der Waals surface area (Å²) in [6.45, 7) is 8.12. The lowest BCUT2D eigenvalue weighted by molar-refractivity contribution is -0.120. The summed E-state index contributed by atoms with van der Waals surface area (Å²) in [5, 5.41) is 4.08. The second kappa shape index (κ2) is 9.68. The molecule has 2 aromatic carbocycles. The maximum atomic E-state index is 12.1. The van der Waals surface area contributed by atoms with Crippen molar-refractivity contribution < 1.29 is 9.53 Å². The molecule has 1 N–H and O–H groups in total. The molecule has 2 aromatic rings. The predicted octanol–water partition coefficient (Wildman–Crippen LogP) is 4.99. The predicted molar refractivity (Wildman–Crippen MR) is 123 cm³/mol. The van der Waals surface area contributed by atoms with E-state index < -0.39 is 0 Å². The van der Waals surface area contributed by atoms with Crippen molar-refractivity contribution in [3.8, 4) is 5.75 Å². The quantitative estimate of drug-likeness (QED) is 0.300. The zero-order valence-electron chi connectivity index (χ0n) is 15.3. The Morgan fingerprint density at radius 3 is 2.38 bits per heavy atom. The van der Waals surface area contributed by atoms with E-state index in [1.54, 1.807) is 6.21 Å². The molecule has 4 nitrogen and oxygen atoms in total. The van der Waals surface area contributed by atoms with Crippen molar-refractivity contribution in [2.45, 2.75) is 40.2 Å². The molecule has 6 heteroatoms. The first kappa shape index (κ1) is 21.1. The lowest BCUT2D eigenvalue weighted by Crippen LogP contribution is -2.19. The highest BCUT2D eigenvalue weighted by atomic mass is 127. The van der Waals surface area contributed by atoms with Gasteiger partial charge in [-0.3, -0.25) is 4.79 Å². The normalized spacial score (nSPS) is 11.2. The van der Waals surface area contributed by atoms with Gasteiger partial charge in [0.05, 0.1) is 25.9 Å². The monoisotopic (exact) mass is 576 g/mol. The molecule has 0 bridgehead atoms. The molecule has 26 heavy (non-hydrogen) atoms. The highest BCUT2D eigenvalue weighted by Crippen LogP contribution is 2.29. The van der Waals surface area contributed by atoms with Crippen molar-refractivity contribution in [1.29, 1.82) is 0 Å². The molecule has 0 fully saturated rings. The number of hydrogen-bond acceptors (Lipinski definition) is 3. The summed E-state index contributed by atoms with van der Waals surface area (Å²) < 4.78 is 7.87. The van der Waals surface area contributed by atoms with Crippen molar-refractivity contribution in [3.63, 3.8) is 0 Å². The van der Waals surface area contributed by atoms with Crippen molar-refractivity contribution >= 4 is 57.3 Å². The van der Waals surface area contributed by atoms with Crippen LogP contribution in [-0.2, 0) is 11.2 Å². The van der Waals surface area contributed by atoms with E-state index in [4.69, 9.17) is 4.74 Å². The number of ether oxygens (including phenoxy) is 1. The van der Waals surface area contributed by atoms with Crippen LogP contribution in [0.3, 0.4) is 0 Å². The maximum absolute atomic E-state index is 12.1. The van der Waals surface area contributed by atoms with E-state index in [2.05, 4.69) is 62.6 Å². The van der Waals surface area contributed by atoms with Crippen molar-refractivity contribution in [3.05, 3.63) is 59.7 Å². The van der Waals surface area contributed by atoms with E-state index in [1.165, 1.54) is 11.1 Å². The standard InChI is InChI=1S/C20H22I2N2O2/c1-12(2)26-20-17(21)8-16(9-18(20)22)11-23-24-19(25)10-15-6-5-13(3)14(4)7-15/h5-9,11-12H,10H2,1-4H3,(H,24,25)/b23-11-. The van der Waals surface area contributed by atoms with E-state index in [1.807, 2.05) is 51.1 Å². The van der Waals surface area contributed by atoms with Crippen LogP contribution in [0.4, 0.5) is 0 Å². The SMILES string of the molecule is Cc1ccc(CC(=O)N/N=C\c2cc(I)c(OC(C)C)c(I)c2)cc1C. The van der Waals surface area contributed by atoms with Crippen LogP contribution in [0.1, 0.15) is 36.1 Å². The number of hydrazone groups is 1. The molecule has 0 aromatic heterocycles. The molecule has 0 unspecified atom stereocenters. The fourth-order valence-electron chi connectivity index (χ4n) is 2.32. The Kier molecular flexibility index (Phi) is 7.87. The Morgan fingerprint density at radius 1 is 1.15 bits per heavy atom. The van der Waals surface area contributed by atoms with Crippen LogP contribution in [0.15, 0.2) is 35.4 Å². The van der Waals surface area contributed by atoms with Crippen LogP contribution in [0.25, 0.3) is 0 Å². The Morgan fingerprint density at radius 2 is 1.81 bits per heavy atom. The van der Waals surface area contributed by atoms with Crippen LogP contribution in [0.2, 0.25) is 0 Å². The summed E-state index contributed by atoms with van der Waals surface area (Å²) in [6, 6.07) is 10.0. The molecule has 0 atom stereocenters. The largest absolute Gasteiger partial charge is 0.489 e. The van der Waals surface area contributed by atoms with Gasteiger partial charge in [-0.1, -0.05) is 18.2 Å². The van der Waals surface area contributed by atoms with Gasteiger partial charge in [0.25, 0.3) is 0 Å². The molecule has 0 aliphatic carbocycles. The van der Waals surface area contributed by atoms with Crippen LogP contribution in [0, 0.1) is 21.0 Å². The molecule has 0 spiro atoms. The summed E-state index contributed by atoms with van der Waals surface area (Å²) >= 11 is 4.50. The summed E-state index contributed by atoms with van der Waals surface area (Å²) in [4.78, 5) is 12.1. The second-order valence-corrected chi connectivity index (χ2v) is 8.69. The van der Waals surface area contributed by atoms with E-state index in [9.17, 15) is 4.79 Å². The molecule has 0 radical (unpaired) electrons. The molecular weight excluding hydrogens is 554 g/mol. The minimum absolute atomic E-state index is 0.126. The first-order chi connectivity index (χ1) is 12.3. The van der Waals surface area contributed by atoms with Crippen LogP contribution >= 0.6 is 45.2 Å². The van der Waals surface area contributed by atoms with E-state index in [0.717, 1.165) is 24.0 Å². The smallest absolute Gasteiger partial charge is 0.244 e. The number of carbonyl (C=O) groups is 1. The topological polar surface area (TPSA) is 50.7 Å². The van der Waals surface area contributed by atoms with Gasteiger partial charge < -0.3 is 4.74 Å². The second-order valence-electron chi connectivity index (χ2n) is 6.37. The van der Waals surface area contributed by atoms with Crippen molar-refractivity contribution in [1.82, 2.24) is 5.43 Å². The lowest BCUT2D eigenvalue weighted by Gasteiger charge is -2.14. The summed E-state index contributed by atoms with van der Waals surface area (Å²) in [6.07, 6.45) is 2.09. The Hall–Kier alpha value is -1.16. The number of aryl methyl sites for hydroxylation is 2. The third-order valence-corrected chi connectivity index (χ3v) is 5.32. The molecule has 2 rings (SSSR count). The van der Waals surface area contributed by atoms with Gasteiger partial charge in [0, 0.05) is 0 Å². The third kappa shape index (κ3) is 6.22. The minimum Gasteiger partial charge on any atom is -0.489 e. The Balaban J connectivity index is 1.99. The van der Waals surface area contributed by atoms with Crippen molar-refractivity contribution in [2.75, 3.05) is 0 Å². The number of rotatable bonds is 6. The molecule has 0 saturated carbocycles. The molecule has 0 aliphatic heterocycles. The number of halogens is 2. The van der Waals surface area contributed by atoms with Crippen LogP contribution in [-0.4, -0.2) is 18.2 Å². The molecule has 138 valence electrons. The third-order valence-electron chi connectivity index (χ3n) is 3.71. The molecule has 1 amide bonds. The van der Waals surface area contributed by atoms with Gasteiger partial charge in [0.15, 0.2) is 0 Å². The Bertz CT molecular complexity index is 810. The number of benzene rings is 2. The van der Waals surface area contributed by atoms with Gasteiger partial charge in [-0.15, -0.1) is 0 Å². The van der Waals surface area contributed by atoms with E-state index in [-0.39, 0.29) is 12.0 Å². The first-order valence-corrected chi connectivity index (χ1v) is 10.5. The first-order valence-electron chi connectivity index (χ1n) is 8.30. The highest BCUT2D eigenvalue weighted by molar-refractivity contribution is 14.1. The van der Waals surface area contributed by atoms with E-state index in [0.29, 0.717) is 6.42 Å². The van der Waals surface area contributed by atoms with Gasteiger partial charge in [0.1, 0.15) is 5.75 Å². The number of hydrogen-bond donors (Lipinski definition) is 1. The molecule has 0 aliphatic rings. The molecule has 0 heterocycles. The van der Waals surface area contributed by atoms with Crippen LogP contribution < -0.4 is 10.2 Å². The number of nitrogens with one attached hydrogen (secondary N) is 1. The van der Waals surface area contributed by atoms with Gasteiger partial charge in [-0.2, -0.15) is 5.10 Å². The van der Waals surface area contributed by atoms with E-state index >= 15 is 0 Å². The zero-order chi connectivity index (χ0) is 19.3. The summed E-state index contributed by atoms with van der Waals surface area (Å²) in [5.74, 6) is 0.755. The van der Waals surface area contributed by atoms with Gasteiger partial charge in [-0.25, -0.2) is 5.43 Å². The fraction of sp³-hybridized carbons (Fsp3) is 0.300. The van der Waals surface area contributed by atoms with Crippen LogP contribution in [0.5, 0.6) is 5.75 Å². The average molecular weight is 576 g/mol. The number of carbonyl (C=O) groups excluding carboxylic acids is 1. The van der Waals surface area contributed by atoms with Gasteiger partial charge in [0.2, 0.25) is 5.91 Å². The Labute approximate surface area is 182 Å². The zero-order valence-corrected chi connectivity index (χ0v) is 19.6. The number of nitrogens with zero attached hydrogens (tertiary/aromatic N) is 1. The van der Waals surface area contributed by atoms with Gasteiger partial charge in [-0.05, 0) is 107 Å². The minimum atomic E-state index is -0.131. The highest BCUT2D eigenvalue weighted by Gasteiger charge is 2.10. The summed E-state index contributed by atoms with van der Waals surface area (Å²) in [5.41, 5.74) is 6.91. The van der Waals surface area contributed by atoms with Gasteiger partial charge >= 0.3 is 0 Å².